The van der Waals surface area contributed by atoms with E-state index in [2.05, 4.69) is 82.8 Å². The number of hydrogen-bond donors (Lipinski definition) is 0. The average Bonchev–Trinajstić information content (AvgIpc) is 3.06. The molecule has 0 atom stereocenters. The number of hydrogen-bond acceptors (Lipinski definition) is 3. The number of anilines is 3. The molecule has 0 bridgehead atoms. The van der Waals surface area contributed by atoms with Crippen molar-refractivity contribution in [2.24, 2.45) is 0 Å². The third kappa shape index (κ3) is 2.72. The van der Waals surface area contributed by atoms with Gasteiger partial charge in [-0.05, 0) is 66.6 Å². The van der Waals surface area contributed by atoms with Crippen LogP contribution >= 0.6 is 0 Å². The number of furan rings is 1. The van der Waals surface area contributed by atoms with Crippen molar-refractivity contribution in [2.45, 2.75) is 47.0 Å². The van der Waals surface area contributed by atoms with Gasteiger partial charge in [0.05, 0.1) is 16.8 Å². The Bertz CT molecular complexity index is 1270. The van der Waals surface area contributed by atoms with Crippen LogP contribution in [0.15, 0.2) is 59.0 Å². The summed E-state index contributed by atoms with van der Waals surface area (Å²) >= 11 is 0. The number of fused-ring (bicyclic) bond motifs is 4. The van der Waals surface area contributed by atoms with Crippen LogP contribution in [-0.4, -0.2) is 0 Å². The molecule has 0 saturated carbocycles. The lowest BCUT2D eigenvalue weighted by Gasteiger charge is -2.32. The van der Waals surface area contributed by atoms with Crippen LogP contribution in [0, 0.1) is 20.8 Å². The van der Waals surface area contributed by atoms with E-state index in [-0.39, 0.29) is 5.41 Å². The van der Waals surface area contributed by atoms with E-state index in [4.69, 9.17) is 9.15 Å². The highest BCUT2D eigenvalue weighted by atomic mass is 16.5. The van der Waals surface area contributed by atoms with Crippen LogP contribution in [0.5, 0.6) is 11.5 Å². The van der Waals surface area contributed by atoms with Gasteiger partial charge in [0.2, 0.25) is 5.88 Å². The van der Waals surface area contributed by atoms with Crippen molar-refractivity contribution < 1.29 is 9.15 Å². The summed E-state index contributed by atoms with van der Waals surface area (Å²) in [6, 6.07) is 19.0. The second-order valence-corrected chi connectivity index (χ2v) is 9.30. The number of aryl methyl sites for hydroxylation is 3. The molecule has 0 unspecified atom stereocenters. The van der Waals surface area contributed by atoms with Crippen LogP contribution < -0.4 is 9.64 Å². The summed E-state index contributed by atoms with van der Waals surface area (Å²) in [5.41, 5.74) is 8.00. The van der Waals surface area contributed by atoms with Crippen LogP contribution in [0.4, 0.5) is 17.3 Å². The van der Waals surface area contributed by atoms with E-state index < -0.39 is 0 Å². The van der Waals surface area contributed by atoms with Gasteiger partial charge < -0.3 is 9.15 Å². The molecule has 1 aliphatic rings. The zero-order valence-electron chi connectivity index (χ0n) is 18.5. The van der Waals surface area contributed by atoms with E-state index in [0.717, 1.165) is 45.3 Å². The molecule has 30 heavy (non-hydrogen) atoms. The SMILES string of the molecule is Cc1cc(C(C)(C)C)cc(C)c1N1c2ccccc2Oc2c1oc1c(C)cccc21. The van der Waals surface area contributed by atoms with Gasteiger partial charge in [-0.3, -0.25) is 4.90 Å². The molecule has 0 saturated heterocycles. The summed E-state index contributed by atoms with van der Waals surface area (Å²) in [5, 5.41) is 1.01. The second-order valence-electron chi connectivity index (χ2n) is 9.30. The van der Waals surface area contributed by atoms with Crippen molar-refractivity contribution >= 4 is 28.2 Å². The van der Waals surface area contributed by atoms with E-state index in [1.165, 1.54) is 16.7 Å². The first-order valence-electron chi connectivity index (χ1n) is 10.5. The first-order valence-corrected chi connectivity index (χ1v) is 10.5. The van der Waals surface area contributed by atoms with Gasteiger partial charge in [-0.2, -0.15) is 0 Å². The van der Waals surface area contributed by atoms with Crippen molar-refractivity contribution in [3.8, 4) is 11.5 Å². The highest BCUT2D eigenvalue weighted by molar-refractivity contribution is 5.98. The van der Waals surface area contributed by atoms with Crippen LogP contribution in [-0.2, 0) is 5.41 Å². The number of ether oxygens (including phenoxy) is 1. The van der Waals surface area contributed by atoms with Crippen molar-refractivity contribution in [1.82, 2.24) is 0 Å². The standard InChI is InChI=1S/C27H27NO2/c1-16-10-9-11-20-24(16)30-26-25(20)29-22-13-8-7-12-21(22)28(26)23-17(2)14-19(15-18(23)3)27(4,5)6/h7-15H,1-6H3. The Hall–Kier alpha value is -3.20. The quantitative estimate of drug-likeness (QED) is 0.285. The van der Waals surface area contributed by atoms with Crippen molar-refractivity contribution in [2.75, 3.05) is 4.90 Å². The summed E-state index contributed by atoms with van der Waals surface area (Å²) in [7, 11) is 0. The number of para-hydroxylation sites is 3. The van der Waals surface area contributed by atoms with E-state index in [1.54, 1.807) is 0 Å². The Labute approximate surface area is 177 Å². The molecule has 0 aliphatic carbocycles. The van der Waals surface area contributed by atoms with Gasteiger partial charge >= 0.3 is 0 Å². The Morgan fingerprint density at radius 2 is 1.50 bits per heavy atom. The highest BCUT2D eigenvalue weighted by Gasteiger charge is 2.33. The molecule has 2 heterocycles. The van der Waals surface area contributed by atoms with Gasteiger partial charge in [0.1, 0.15) is 5.58 Å². The molecule has 152 valence electrons. The lowest BCUT2D eigenvalue weighted by atomic mass is 9.84. The van der Waals surface area contributed by atoms with E-state index >= 15 is 0 Å². The highest BCUT2D eigenvalue weighted by Crippen LogP contribution is 2.55. The lowest BCUT2D eigenvalue weighted by molar-refractivity contribution is 0.463. The molecule has 0 radical (unpaired) electrons. The Morgan fingerprint density at radius 3 is 2.20 bits per heavy atom. The third-order valence-electron chi connectivity index (χ3n) is 5.95. The number of benzene rings is 3. The maximum atomic E-state index is 6.45. The minimum Gasteiger partial charge on any atom is -0.449 e. The molecular formula is C27H27NO2. The Kier molecular flexibility index (Phi) is 4.01. The fourth-order valence-electron chi connectivity index (χ4n) is 4.38. The maximum Gasteiger partial charge on any atom is 0.249 e. The molecule has 1 aliphatic heterocycles. The van der Waals surface area contributed by atoms with Crippen molar-refractivity contribution in [3.63, 3.8) is 0 Å². The van der Waals surface area contributed by atoms with Crippen LogP contribution in [0.1, 0.15) is 43.0 Å². The van der Waals surface area contributed by atoms with Gasteiger partial charge in [0.15, 0.2) is 11.5 Å². The smallest absolute Gasteiger partial charge is 0.249 e. The van der Waals surface area contributed by atoms with Crippen molar-refractivity contribution in [3.05, 3.63) is 76.9 Å². The van der Waals surface area contributed by atoms with E-state index in [0.29, 0.717) is 0 Å². The number of nitrogens with zero attached hydrogens (tertiary/aromatic N) is 1. The molecule has 1 aromatic heterocycles. The first kappa shape index (κ1) is 18.8. The van der Waals surface area contributed by atoms with E-state index in [9.17, 15) is 0 Å². The summed E-state index contributed by atoms with van der Waals surface area (Å²) in [4.78, 5) is 2.23. The maximum absolute atomic E-state index is 6.45. The summed E-state index contributed by atoms with van der Waals surface area (Å²) in [6.45, 7) is 13.2. The second kappa shape index (κ2) is 6.40. The molecule has 5 rings (SSSR count). The van der Waals surface area contributed by atoms with Crippen LogP contribution in [0.2, 0.25) is 0 Å². The van der Waals surface area contributed by atoms with Gasteiger partial charge in [-0.15, -0.1) is 0 Å². The minimum absolute atomic E-state index is 0.0958. The Balaban J connectivity index is 1.82. The fraction of sp³-hybridized carbons (Fsp3) is 0.259. The predicted octanol–water partition coefficient (Wildman–Crippen LogP) is 8.23. The van der Waals surface area contributed by atoms with Gasteiger partial charge in [0, 0.05) is 0 Å². The molecule has 3 aromatic carbocycles. The zero-order chi connectivity index (χ0) is 21.2. The number of rotatable bonds is 1. The van der Waals surface area contributed by atoms with Gasteiger partial charge in [-0.1, -0.05) is 57.2 Å². The molecule has 0 fully saturated rings. The summed E-state index contributed by atoms with van der Waals surface area (Å²) in [5.74, 6) is 2.37. The molecular weight excluding hydrogens is 370 g/mol. The van der Waals surface area contributed by atoms with E-state index in [1.807, 2.05) is 18.2 Å². The average molecular weight is 398 g/mol. The molecule has 4 aromatic rings. The summed E-state index contributed by atoms with van der Waals surface area (Å²) < 4.78 is 12.8. The molecule has 0 spiro atoms. The molecule has 3 nitrogen and oxygen atoms in total. The van der Waals surface area contributed by atoms with Crippen LogP contribution in [0.3, 0.4) is 0 Å². The molecule has 3 heteroatoms. The minimum atomic E-state index is 0.0958. The largest absolute Gasteiger partial charge is 0.449 e. The monoisotopic (exact) mass is 397 g/mol. The molecule has 0 N–H and O–H groups in total. The van der Waals surface area contributed by atoms with Gasteiger partial charge in [0.25, 0.3) is 0 Å². The van der Waals surface area contributed by atoms with Gasteiger partial charge in [-0.25, -0.2) is 0 Å². The first-order chi connectivity index (χ1) is 14.3. The molecule has 0 amide bonds. The third-order valence-corrected chi connectivity index (χ3v) is 5.95. The van der Waals surface area contributed by atoms with Crippen LogP contribution in [0.25, 0.3) is 11.0 Å². The predicted molar refractivity (Wildman–Crippen MR) is 124 cm³/mol. The topological polar surface area (TPSA) is 25.6 Å². The summed E-state index contributed by atoms with van der Waals surface area (Å²) in [6.07, 6.45) is 0. The van der Waals surface area contributed by atoms with Crippen molar-refractivity contribution in [1.29, 1.82) is 0 Å². The zero-order valence-corrected chi connectivity index (χ0v) is 18.5. The normalized spacial score (nSPS) is 13.2. The lowest BCUT2D eigenvalue weighted by Crippen LogP contribution is -2.18. The fourth-order valence-corrected chi connectivity index (χ4v) is 4.38. The Morgan fingerprint density at radius 1 is 0.800 bits per heavy atom.